The van der Waals surface area contributed by atoms with Gasteiger partial charge in [-0.2, -0.15) is 24.9 Å². The average Bonchev–Trinajstić information content (AvgIpc) is 3.45. The molecule has 0 fully saturated rings. The van der Waals surface area contributed by atoms with Gasteiger partial charge in [-0.15, -0.1) is 0 Å². The molecule has 3 aromatic carbocycles. The number of amides is 1. The molecule has 6 nitrogen and oxygen atoms in total. The summed E-state index contributed by atoms with van der Waals surface area (Å²) in [5.74, 6) is -1.27. The first-order valence-corrected chi connectivity index (χ1v) is 14.1. The van der Waals surface area contributed by atoms with Gasteiger partial charge in [0.05, 0.1) is 5.56 Å². The Balaban J connectivity index is 0.00000506. The van der Waals surface area contributed by atoms with E-state index in [2.05, 4.69) is 5.32 Å². The molecule has 12 heteroatoms. The Kier molecular flexibility index (Phi) is 11.7. The number of halogens is 4. The minimum absolute atomic E-state index is 0. The van der Waals surface area contributed by atoms with Crippen LogP contribution in [-0.2, 0) is 15.7 Å². The number of nitrogens with one attached hydrogen (secondary N) is 1. The molecule has 2 unspecified atom stereocenters. The third-order valence-electron chi connectivity index (χ3n) is 6.58. The molecule has 0 saturated carbocycles. The normalized spacial score (nSPS) is 12.7. The van der Waals surface area contributed by atoms with E-state index in [9.17, 15) is 32.3 Å². The molecule has 0 aliphatic rings. The molecule has 4 aromatic rings. The summed E-state index contributed by atoms with van der Waals surface area (Å²) < 4.78 is 67.2. The van der Waals surface area contributed by atoms with E-state index in [1.807, 2.05) is 0 Å². The van der Waals surface area contributed by atoms with Crippen molar-refractivity contribution >= 4 is 23.6 Å². The predicted molar refractivity (Wildman–Crippen MR) is 152 cm³/mol. The Labute approximate surface area is 262 Å². The van der Waals surface area contributed by atoms with Crippen molar-refractivity contribution in [1.29, 1.82) is 0 Å². The molecule has 1 amide bonds. The van der Waals surface area contributed by atoms with Gasteiger partial charge in [-0.1, -0.05) is 24.3 Å². The fraction of sp³-hybridized carbons (Fsp3) is 0.226. The number of ether oxygens (including phenoxy) is 1. The van der Waals surface area contributed by atoms with Crippen LogP contribution in [0, 0.1) is 5.82 Å². The quantitative estimate of drug-likeness (QED) is 0.193. The van der Waals surface area contributed by atoms with Gasteiger partial charge < -0.3 is 19.6 Å². The van der Waals surface area contributed by atoms with Crippen molar-refractivity contribution in [3.05, 3.63) is 107 Å². The molecular weight excluding hydrogens is 581 g/mol. The van der Waals surface area contributed by atoms with Crippen LogP contribution in [0.25, 0.3) is 22.5 Å². The van der Waals surface area contributed by atoms with Crippen molar-refractivity contribution in [3.8, 4) is 22.5 Å². The molecular formula is C31H27F4LiNO5S+. The van der Waals surface area contributed by atoms with E-state index in [1.165, 1.54) is 67.4 Å². The van der Waals surface area contributed by atoms with E-state index in [-0.39, 0.29) is 42.0 Å². The molecule has 0 radical (unpaired) electrons. The number of hydrogen-bond donors (Lipinski definition) is 2. The number of aliphatic carboxylic acids is 1. The number of methoxy groups -OCH3 is 1. The molecule has 0 spiro atoms. The summed E-state index contributed by atoms with van der Waals surface area (Å²) >= 11 is 1.40. The Morgan fingerprint density at radius 1 is 1.00 bits per heavy atom. The fourth-order valence-corrected chi connectivity index (χ4v) is 4.99. The number of furan rings is 1. The van der Waals surface area contributed by atoms with E-state index < -0.39 is 41.6 Å². The molecule has 2 N–H and O–H groups in total. The third kappa shape index (κ3) is 8.12. The number of carboxylic acids is 1. The zero-order valence-corrected chi connectivity index (χ0v) is 24.4. The predicted octanol–water partition coefficient (Wildman–Crippen LogP) is 4.45. The maximum Gasteiger partial charge on any atom is 1.00 e. The first-order chi connectivity index (χ1) is 20.0. The van der Waals surface area contributed by atoms with Crippen molar-refractivity contribution in [2.24, 2.45) is 0 Å². The maximum absolute atomic E-state index is 14.1. The molecule has 0 aliphatic carbocycles. The number of carbonyl (C=O) groups excluding carboxylic acids is 1. The smallest absolute Gasteiger partial charge is 0.480 e. The number of carboxylic acid groups (broad SMARTS) is 1. The van der Waals surface area contributed by atoms with Gasteiger partial charge in [0.1, 0.15) is 29.5 Å². The van der Waals surface area contributed by atoms with Crippen molar-refractivity contribution in [2.75, 3.05) is 19.1 Å². The molecule has 1 aromatic heterocycles. The van der Waals surface area contributed by atoms with Crippen LogP contribution in [0.3, 0.4) is 0 Å². The summed E-state index contributed by atoms with van der Waals surface area (Å²) in [5, 5.41) is 12.0. The SMILES string of the molecule is COC(c1ccc(C(=O)NC(CCSC)C(=O)O)c(-c2ccccc2C(F)(F)F)c1)c1ccc(-c2ccc(F)cc2)o1.[Li+]. The van der Waals surface area contributed by atoms with Crippen molar-refractivity contribution in [1.82, 2.24) is 5.32 Å². The fourth-order valence-electron chi connectivity index (χ4n) is 4.52. The van der Waals surface area contributed by atoms with Gasteiger partial charge in [0.25, 0.3) is 5.91 Å². The monoisotopic (exact) mass is 608 g/mol. The maximum atomic E-state index is 14.1. The molecule has 4 rings (SSSR count). The van der Waals surface area contributed by atoms with Crippen molar-refractivity contribution < 1.29 is 60.3 Å². The second-order valence-corrected chi connectivity index (χ2v) is 10.3. The number of carbonyl (C=O) groups is 2. The van der Waals surface area contributed by atoms with E-state index in [4.69, 9.17) is 9.15 Å². The van der Waals surface area contributed by atoms with Crippen LogP contribution in [0.1, 0.15) is 39.8 Å². The molecule has 2 atom stereocenters. The second kappa shape index (κ2) is 14.8. The van der Waals surface area contributed by atoms with Crippen LogP contribution in [0.15, 0.2) is 83.3 Å². The van der Waals surface area contributed by atoms with Crippen LogP contribution < -0.4 is 24.2 Å². The zero-order chi connectivity index (χ0) is 30.4. The van der Waals surface area contributed by atoms with Crippen LogP contribution in [0.2, 0.25) is 0 Å². The molecule has 0 bridgehead atoms. The van der Waals surface area contributed by atoms with E-state index in [1.54, 1.807) is 30.5 Å². The molecule has 43 heavy (non-hydrogen) atoms. The van der Waals surface area contributed by atoms with Gasteiger partial charge in [0.15, 0.2) is 0 Å². The third-order valence-corrected chi connectivity index (χ3v) is 7.22. The largest absolute Gasteiger partial charge is 1.00 e. The van der Waals surface area contributed by atoms with Crippen LogP contribution in [0.5, 0.6) is 0 Å². The summed E-state index contributed by atoms with van der Waals surface area (Å²) in [4.78, 5) is 25.1. The number of benzene rings is 3. The molecule has 220 valence electrons. The average molecular weight is 609 g/mol. The second-order valence-electron chi connectivity index (χ2n) is 9.32. The topological polar surface area (TPSA) is 88.8 Å². The number of hydrogen-bond acceptors (Lipinski definition) is 5. The van der Waals surface area contributed by atoms with Gasteiger partial charge in [-0.25, -0.2) is 9.18 Å². The summed E-state index contributed by atoms with van der Waals surface area (Å²) in [5.41, 5.74) is -0.406. The van der Waals surface area contributed by atoms with Crippen LogP contribution in [-0.4, -0.2) is 42.1 Å². The number of thioether (sulfide) groups is 1. The number of alkyl halides is 3. The Bertz CT molecular complexity index is 1560. The standard InChI is InChI=1S/C31H27F4NO5S.Li/c1-40-28(27-14-13-26(41-27)18-7-10-20(32)11-8-18)19-9-12-22(29(37)36-25(30(38)39)15-16-42-2)23(17-19)21-5-3-4-6-24(21)31(33,34)35;/h3-14,17,25,28H,15-16H2,1-2H3,(H,36,37)(H,38,39);/q;+1. The van der Waals surface area contributed by atoms with Gasteiger partial charge in [0, 0.05) is 18.2 Å². The summed E-state index contributed by atoms with van der Waals surface area (Å²) in [6, 6.07) is 16.8. The summed E-state index contributed by atoms with van der Waals surface area (Å²) in [6.45, 7) is 0. The molecule has 1 heterocycles. The molecule has 0 aliphatic heterocycles. The van der Waals surface area contributed by atoms with Gasteiger partial charge in [-0.05, 0) is 89.7 Å². The first-order valence-electron chi connectivity index (χ1n) is 12.7. The first kappa shape index (κ1) is 34.0. The molecule has 0 saturated heterocycles. The zero-order valence-electron chi connectivity index (χ0n) is 23.6. The minimum Gasteiger partial charge on any atom is -0.480 e. The Hall–Kier alpha value is -3.49. The van der Waals surface area contributed by atoms with E-state index >= 15 is 0 Å². The van der Waals surface area contributed by atoms with Crippen molar-refractivity contribution in [3.63, 3.8) is 0 Å². The summed E-state index contributed by atoms with van der Waals surface area (Å²) in [7, 11) is 1.40. The van der Waals surface area contributed by atoms with Gasteiger partial charge >= 0.3 is 31.0 Å². The Morgan fingerprint density at radius 3 is 2.33 bits per heavy atom. The Morgan fingerprint density at radius 2 is 1.70 bits per heavy atom. The van der Waals surface area contributed by atoms with Crippen LogP contribution >= 0.6 is 11.8 Å². The number of rotatable bonds is 11. The van der Waals surface area contributed by atoms with E-state index in [0.717, 1.165) is 6.07 Å². The minimum atomic E-state index is -4.73. The van der Waals surface area contributed by atoms with E-state index in [0.29, 0.717) is 28.4 Å². The van der Waals surface area contributed by atoms with Gasteiger partial charge in [0.2, 0.25) is 0 Å². The summed E-state index contributed by atoms with van der Waals surface area (Å²) in [6.07, 6.45) is -3.68. The van der Waals surface area contributed by atoms with Crippen LogP contribution in [0.4, 0.5) is 17.6 Å². The van der Waals surface area contributed by atoms with Crippen molar-refractivity contribution in [2.45, 2.75) is 24.7 Å². The van der Waals surface area contributed by atoms with Gasteiger partial charge in [-0.3, -0.25) is 4.79 Å².